The van der Waals surface area contributed by atoms with Crippen LogP contribution >= 0.6 is 11.8 Å². The van der Waals surface area contributed by atoms with Crippen LogP contribution in [0.1, 0.15) is 32.3 Å². The lowest BCUT2D eigenvalue weighted by Gasteiger charge is -2.23. The van der Waals surface area contributed by atoms with Gasteiger partial charge in [-0.1, -0.05) is 43.8 Å². The molecule has 1 atom stereocenters. The van der Waals surface area contributed by atoms with Gasteiger partial charge in [0.25, 0.3) is 0 Å². The van der Waals surface area contributed by atoms with E-state index in [1.54, 1.807) is 10.6 Å². The molecular weight excluding hydrogens is 388 g/mol. The highest BCUT2D eigenvalue weighted by molar-refractivity contribution is 7.99. The first-order valence-electron chi connectivity index (χ1n) is 9.86. The van der Waals surface area contributed by atoms with Gasteiger partial charge in [-0.05, 0) is 24.5 Å². The second-order valence-electron chi connectivity index (χ2n) is 8.04. The molecule has 154 valence electrons. The Hall–Kier alpha value is -2.32. The molecule has 0 spiro atoms. The van der Waals surface area contributed by atoms with Crippen LogP contribution < -0.4 is 10.6 Å². The van der Waals surface area contributed by atoms with E-state index in [-0.39, 0.29) is 28.7 Å². The summed E-state index contributed by atoms with van der Waals surface area (Å²) in [5.41, 5.74) is 2.82. The van der Waals surface area contributed by atoms with E-state index < -0.39 is 0 Å². The fourth-order valence-corrected chi connectivity index (χ4v) is 4.93. The molecule has 0 bridgehead atoms. The number of likely N-dealkylation sites (N-methyl/N-ethyl adjacent to an activating group) is 1. The van der Waals surface area contributed by atoms with Crippen LogP contribution in [0.2, 0.25) is 0 Å². The van der Waals surface area contributed by atoms with Gasteiger partial charge >= 0.3 is 5.69 Å². The number of carbonyl (C=O) groups is 1. The van der Waals surface area contributed by atoms with Crippen molar-refractivity contribution >= 4 is 23.2 Å². The van der Waals surface area contributed by atoms with Crippen LogP contribution in [0.25, 0.3) is 0 Å². The zero-order valence-corrected chi connectivity index (χ0v) is 17.8. The van der Waals surface area contributed by atoms with Crippen LogP contribution in [0, 0.1) is 0 Å². The molecule has 1 N–H and O–H groups in total. The molecule has 29 heavy (non-hydrogen) atoms. The predicted octanol–water partition coefficient (Wildman–Crippen LogP) is 2.72. The van der Waals surface area contributed by atoms with Gasteiger partial charge in [0, 0.05) is 36.5 Å². The summed E-state index contributed by atoms with van der Waals surface area (Å²) in [6.07, 6.45) is 3.71. The van der Waals surface area contributed by atoms with Crippen LogP contribution in [0.15, 0.2) is 46.0 Å². The summed E-state index contributed by atoms with van der Waals surface area (Å²) in [6.45, 7) is 5.47. The van der Waals surface area contributed by atoms with Gasteiger partial charge in [-0.15, -0.1) is 5.10 Å². The number of allylic oxidation sites excluding steroid dienone is 2. The standard InChI is InChI=1S/C21H26N4O3S/c1-21(2)16-8-4-5-9-17(16)24(3)18(21)11-14(26)13-29-20-23-22-19(27)25(20)12-15-7-6-10-28-15/h4-5,8-9,11,15H,6-7,10,12-13H2,1-3H3,(H,22,27)/b18-11-. The van der Waals surface area contributed by atoms with Gasteiger partial charge in [-0.2, -0.15) is 0 Å². The molecule has 0 amide bonds. The van der Waals surface area contributed by atoms with Crippen LogP contribution in [0.3, 0.4) is 0 Å². The Morgan fingerprint density at radius 2 is 2.21 bits per heavy atom. The molecule has 1 aromatic carbocycles. The molecule has 1 aromatic heterocycles. The number of para-hydroxylation sites is 1. The highest BCUT2D eigenvalue weighted by Crippen LogP contribution is 2.46. The number of fused-ring (bicyclic) bond motifs is 1. The monoisotopic (exact) mass is 414 g/mol. The quantitative estimate of drug-likeness (QED) is 0.578. The van der Waals surface area contributed by atoms with Crippen molar-refractivity contribution in [2.75, 3.05) is 24.3 Å². The fourth-order valence-electron chi connectivity index (χ4n) is 4.16. The Bertz CT molecular complexity index is 1000. The van der Waals surface area contributed by atoms with Gasteiger partial charge in [0.1, 0.15) is 0 Å². The molecule has 7 nitrogen and oxygen atoms in total. The minimum Gasteiger partial charge on any atom is -0.376 e. The number of carbonyl (C=O) groups excluding carboxylic acids is 1. The van der Waals surface area contributed by atoms with Gasteiger partial charge in [-0.25, -0.2) is 9.89 Å². The molecule has 1 fully saturated rings. The highest BCUT2D eigenvalue weighted by atomic mass is 32.2. The van der Waals surface area contributed by atoms with E-state index in [0.717, 1.165) is 30.8 Å². The number of anilines is 1. The number of hydrogen-bond donors (Lipinski definition) is 1. The van der Waals surface area contributed by atoms with Crippen molar-refractivity contribution in [2.45, 2.75) is 49.9 Å². The summed E-state index contributed by atoms with van der Waals surface area (Å²) >= 11 is 1.28. The Morgan fingerprint density at radius 3 is 2.93 bits per heavy atom. The Labute approximate surface area is 174 Å². The third kappa shape index (κ3) is 3.79. The molecule has 1 saturated heterocycles. The van der Waals surface area contributed by atoms with E-state index >= 15 is 0 Å². The molecule has 0 saturated carbocycles. The molecule has 0 radical (unpaired) electrons. The molecule has 4 rings (SSSR count). The second kappa shape index (κ2) is 7.84. The smallest absolute Gasteiger partial charge is 0.344 e. The molecule has 2 aliphatic rings. The van der Waals surface area contributed by atoms with Gasteiger partial charge in [-0.3, -0.25) is 9.36 Å². The van der Waals surface area contributed by atoms with Crippen molar-refractivity contribution in [1.82, 2.24) is 14.8 Å². The van der Waals surface area contributed by atoms with E-state index in [4.69, 9.17) is 4.74 Å². The van der Waals surface area contributed by atoms with Crippen LogP contribution in [-0.4, -0.2) is 46.1 Å². The predicted molar refractivity (Wildman–Crippen MR) is 114 cm³/mol. The largest absolute Gasteiger partial charge is 0.376 e. The Kier molecular flexibility index (Phi) is 5.40. The van der Waals surface area contributed by atoms with Crippen molar-refractivity contribution in [1.29, 1.82) is 0 Å². The molecule has 0 aliphatic carbocycles. The topological polar surface area (TPSA) is 80.2 Å². The Morgan fingerprint density at radius 1 is 1.41 bits per heavy atom. The highest BCUT2D eigenvalue weighted by Gasteiger charge is 2.38. The van der Waals surface area contributed by atoms with Crippen LogP contribution in [0.5, 0.6) is 0 Å². The first kappa shape index (κ1) is 20.0. The molecule has 2 aromatic rings. The summed E-state index contributed by atoms with van der Waals surface area (Å²) in [5.74, 6) is 0.219. The number of H-pyrrole nitrogens is 1. The summed E-state index contributed by atoms with van der Waals surface area (Å²) in [5, 5.41) is 7.10. The number of ketones is 1. The number of aromatic amines is 1. The van der Waals surface area contributed by atoms with E-state index in [1.807, 2.05) is 19.2 Å². The average molecular weight is 415 g/mol. The van der Waals surface area contributed by atoms with Crippen molar-refractivity contribution < 1.29 is 9.53 Å². The minimum absolute atomic E-state index is 0.00292. The molecule has 3 heterocycles. The van der Waals surface area contributed by atoms with Gasteiger partial charge in [0.15, 0.2) is 10.9 Å². The van der Waals surface area contributed by atoms with Crippen molar-refractivity contribution in [3.05, 3.63) is 52.1 Å². The number of benzene rings is 1. The number of hydrogen-bond acceptors (Lipinski definition) is 6. The summed E-state index contributed by atoms with van der Waals surface area (Å²) in [4.78, 5) is 26.9. The first-order valence-corrected chi connectivity index (χ1v) is 10.8. The number of nitrogens with zero attached hydrogens (tertiary/aromatic N) is 3. The molecule has 1 unspecified atom stereocenters. The lowest BCUT2D eigenvalue weighted by atomic mass is 9.83. The zero-order valence-electron chi connectivity index (χ0n) is 17.0. The maximum absolute atomic E-state index is 12.7. The Balaban J connectivity index is 1.47. The molecule has 2 aliphatic heterocycles. The van der Waals surface area contributed by atoms with E-state index in [9.17, 15) is 9.59 Å². The van der Waals surface area contributed by atoms with Gasteiger partial charge in [0.05, 0.1) is 18.4 Å². The summed E-state index contributed by atoms with van der Waals surface area (Å²) < 4.78 is 7.20. The normalized spacial score (nSPS) is 21.7. The lowest BCUT2D eigenvalue weighted by Crippen LogP contribution is -2.25. The third-order valence-electron chi connectivity index (χ3n) is 5.72. The number of aromatic nitrogens is 3. The van der Waals surface area contributed by atoms with Crippen LogP contribution in [-0.2, 0) is 21.5 Å². The number of rotatable bonds is 6. The van der Waals surface area contributed by atoms with Crippen molar-refractivity contribution in [2.24, 2.45) is 0 Å². The fraction of sp³-hybridized carbons (Fsp3) is 0.476. The maximum atomic E-state index is 12.7. The number of nitrogens with one attached hydrogen (secondary N) is 1. The van der Waals surface area contributed by atoms with Crippen molar-refractivity contribution in [3.8, 4) is 0 Å². The van der Waals surface area contributed by atoms with Gasteiger partial charge in [0.2, 0.25) is 0 Å². The lowest BCUT2D eigenvalue weighted by molar-refractivity contribution is -0.112. The third-order valence-corrected chi connectivity index (χ3v) is 6.71. The molecular formula is C21H26N4O3S. The van der Waals surface area contributed by atoms with E-state index in [0.29, 0.717) is 11.7 Å². The number of thioether (sulfide) groups is 1. The van der Waals surface area contributed by atoms with Crippen molar-refractivity contribution in [3.63, 3.8) is 0 Å². The first-order chi connectivity index (χ1) is 13.9. The molecule has 8 heteroatoms. The second-order valence-corrected chi connectivity index (χ2v) is 8.99. The number of ether oxygens (including phenoxy) is 1. The van der Waals surface area contributed by atoms with E-state index in [1.165, 1.54) is 17.3 Å². The van der Waals surface area contributed by atoms with Gasteiger partial charge < -0.3 is 9.64 Å². The maximum Gasteiger partial charge on any atom is 0.344 e. The SMILES string of the molecule is CN1/C(=C\C(=O)CSc2n[nH]c(=O)n2CC2CCCO2)C(C)(C)c2ccccc21. The summed E-state index contributed by atoms with van der Waals surface area (Å²) in [6, 6.07) is 8.22. The van der Waals surface area contributed by atoms with E-state index in [2.05, 4.69) is 41.1 Å². The minimum atomic E-state index is -0.263. The zero-order chi connectivity index (χ0) is 20.6. The summed E-state index contributed by atoms with van der Waals surface area (Å²) in [7, 11) is 1.99. The average Bonchev–Trinajstić information content (AvgIpc) is 3.38. The van der Waals surface area contributed by atoms with Crippen LogP contribution in [0.4, 0.5) is 5.69 Å².